The average Bonchev–Trinajstić information content (AvgIpc) is 2.99. The molecular weight excluding hydrogens is 520 g/mol. The van der Waals surface area contributed by atoms with E-state index in [9.17, 15) is 9.59 Å². The van der Waals surface area contributed by atoms with Crippen LogP contribution in [-0.4, -0.2) is 25.2 Å². The zero-order valence-electron chi connectivity index (χ0n) is 28.7. The van der Waals surface area contributed by atoms with Crippen LogP contribution in [0.3, 0.4) is 0 Å². The molecule has 0 bridgehead atoms. The second kappa shape index (κ2) is 36.1. The number of esters is 2. The number of hydrogen-bond donors (Lipinski definition) is 0. The Hall–Kier alpha value is -1.06. The Balaban J connectivity index is 3.25. The summed E-state index contributed by atoms with van der Waals surface area (Å²) in [4.78, 5) is 23.8. The molecule has 4 nitrogen and oxygen atoms in total. The van der Waals surface area contributed by atoms with E-state index in [4.69, 9.17) is 9.47 Å². The Labute approximate surface area is 263 Å². The van der Waals surface area contributed by atoms with Gasteiger partial charge in [0.1, 0.15) is 0 Å². The van der Waals surface area contributed by atoms with Crippen molar-refractivity contribution < 1.29 is 19.1 Å². The van der Waals surface area contributed by atoms with Gasteiger partial charge in [0, 0.05) is 12.8 Å². The molecule has 0 aromatic heterocycles. The third kappa shape index (κ3) is 35.1. The molecule has 42 heavy (non-hydrogen) atoms. The van der Waals surface area contributed by atoms with Crippen LogP contribution < -0.4 is 0 Å². The molecule has 0 rings (SSSR count). The van der Waals surface area contributed by atoms with E-state index in [0.717, 1.165) is 25.7 Å². The highest BCUT2D eigenvalue weighted by atomic mass is 16.5. The van der Waals surface area contributed by atoms with Crippen LogP contribution in [-0.2, 0) is 19.1 Å². The van der Waals surface area contributed by atoms with Crippen molar-refractivity contribution in [1.82, 2.24) is 0 Å². The molecule has 250 valence electrons. The maximum Gasteiger partial charge on any atom is 0.305 e. The standard InChI is InChI=1S/C38H74O4/c1-3-5-7-9-11-13-15-17-18-19-20-22-24-26-28-32-36-42-38(40)34-30-29-33-37(39)41-35-31-27-25-23-21-16-14-12-10-8-6-4-2/h3-36H2,1-2H3. The Bertz CT molecular complexity index is 547. The summed E-state index contributed by atoms with van der Waals surface area (Å²) in [6.45, 7) is 5.63. The van der Waals surface area contributed by atoms with Crippen molar-refractivity contribution >= 4 is 11.9 Å². The number of ether oxygens (including phenoxy) is 2. The van der Waals surface area contributed by atoms with Gasteiger partial charge in [0.2, 0.25) is 0 Å². The molecule has 0 aromatic rings. The fourth-order valence-electron chi connectivity index (χ4n) is 5.65. The number of carbonyl (C=O) groups excluding carboxylic acids is 2. The highest BCUT2D eigenvalue weighted by molar-refractivity contribution is 5.70. The van der Waals surface area contributed by atoms with Crippen LogP contribution in [0.25, 0.3) is 0 Å². The molecule has 0 saturated carbocycles. The molecule has 0 N–H and O–H groups in total. The van der Waals surface area contributed by atoms with Gasteiger partial charge in [-0.1, -0.05) is 181 Å². The summed E-state index contributed by atoms with van der Waals surface area (Å²) in [6.07, 6.45) is 39.4. The van der Waals surface area contributed by atoms with E-state index in [1.807, 2.05) is 0 Å². The van der Waals surface area contributed by atoms with E-state index in [2.05, 4.69) is 13.8 Å². The highest BCUT2D eigenvalue weighted by Crippen LogP contribution is 2.15. The molecule has 0 aromatic carbocycles. The van der Waals surface area contributed by atoms with Crippen molar-refractivity contribution in [2.75, 3.05) is 13.2 Å². The van der Waals surface area contributed by atoms with E-state index < -0.39 is 0 Å². The smallest absolute Gasteiger partial charge is 0.305 e. The number of unbranched alkanes of at least 4 members (excludes halogenated alkanes) is 27. The monoisotopic (exact) mass is 595 g/mol. The molecule has 0 fully saturated rings. The summed E-state index contributed by atoms with van der Waals surface area (Å²) < 4.78 is 10.7. The maximum atomic E-state index is 11.9. The van der Waals surface area contributed by atoms with Crippen LogP contribution in [0.15, 0.2) is 0 Å². The van der Waals surface area contributed by atoms with Crippen LogP contribution in [0, 0.1) is 0 Å². The average molecular weight is 595 g/mol. The van der Waals surface area contributed by atoms with E-state index in [0.29, 0.717) is 38.9 Å². The Kier molecular flexibility index (Phi) is 35.2. The Morgan fingerprint density at radius 2 is 0.524 bits per heavy atom. The number of rotatable bonds is 35. The van der Waals surface area contributed by atoms with Crippen LogP contribution in [0.2, 0.25) is 0 Å². The summed E-state index contributed by atoms with van der Waals surface area (Å²) >= 11 is 0. The van der Waals surface area contributed by atoms with Crippen LogP contribution in [0.5, 0.6) is 0 Å². The second-order valence-electron chi connectivity index (χ2n) is 12.8. The van der Waals surface area contributed by atoms with E-state index >= 15 is 0 Å². The highest BCUT2D eigenvalue weighted by Gasteiger charge is 2.06. The summed E-state index contributed by atoms with van der Waals surface area (Å²) in [6, 6.07) is 0. The van der Waals surface area contributed by atoms with Gasteiger partial charge in [-0.2, -0.15) is 0 Å². The fourth-order valence-corrected chi connectivity index (χ4v) is 5.65. The lowest BCUT2D eigenvalue weighted by Crippen LogP contribution is -2.08. The van der Waals surface area contributed by atoms with E-state index in [-0.39, 0.29) is 11.9 Å². The third-order valence-electron chi connectivity index (χ3n) is 8.53. The van der Waals surface area contributed by atoms with Crippen molar-refractivity contribution in [2.45, 2.75) is 219 Å². The molecule has 0 aliphatic rings. The first-order chi connectivity index (χ1) is 20.7. The fraction of sp³-hybridized carbons (Fsp3) is 0.947. The zero-order valence-corrected chi connectivity index (χ0v) is 28.7. The summed E-state index contributed by atoms with van der Waals surface area (Å²) in [5.41, 5.74) is 0. The van der Waals surface area contributed by atoms with Crippen molar-refractivity contribution in [2.24, 2.45) is 0 Å². The van der Waals surface area contributed by atoms with Crippen molar-refractivity contribution in [3.05, 3.63) is 0 Å². The zero-order chi connectivity index (χ0) is 30.6. The minimum absolute atomic E-state index is 0.124. The van der Waals surface area contributed by atoms with Crippen LogP contribution in [0.1, 0.15) is 219 Å². The lowest BCUT2D eigenvalue weighted by molar-refractivity contribution is -0.146. The minimum atomic E-state index is -0.125. The van der Waals surface area contributed by atoms with Gasteiger partial charge in [0.25, 0.3) is 0 Å². The van der Waals surface area contributed by atoms with Crippen LogP contribution >= 0.6 is 0 Å². The van der Waals surface area contributed by atoms with Gasteiger partial charge >= 0.3 is 11.9 Å². The second-order valence-corrected chi connectivity index (χ2v) is 12.8. The molecule has 4 heteroatoms. The van der Waals surface area contributed by atoms with Gasteiger partial charge in [-0.25, -0.2) is 0 Å². The first-order valence-corrected chi connectivity index (χ1v) is 19.0. The topological polar surface area (TPSA) is 52.6 Å². The molecule has 0 radical (unpaired) electrons. The van der Waals surface area contributed by atoms with E-state index in [1.54, 1.807) is 0 Å². The maximum absolute atomic E-state index is 11.9. The largest absolute Gasteiger partial charge is 0.466 e. The van der Waals surface area contributed by atoms with Gasteiger partial charge in [-0.3, -0.25) is 9.59 Å². The minimum Gasteiger partial charge on any atom is -0.466 e. The normalized spacial score (nSPS) is 11.2. The SMILES string of the molecule is CCCCCCCCCCCCCCCCCCOC(=O)CCCCC(=O)OCCCCCCCCCCCCCC. The molecule has 0 saturated heterocycles. The molecule has 0 spiro atoms. The molecular formula is C38H74O4. The summed E-state index contributed by atoms with van der Waals surface area (Å²) in [5.74, 6) is -0.250. The Morgan fingerprint density at radius 3 is 0.762 bits per heavy atom. The van der Waals surface area contributed by atoms with Crippen molar-refractivity contribution in [3.63, 3.8) is 0 Å². The first kappa shape index (κ1) is 40.9. The first-order valence-electron chi connectivity index (χ1n) is 19.0. The Morgan fingerprint density at radius 1 is 0.310 bits per heavy atom. The van der Waals surface area contributed by atoms with Crippen LogP contribution in [0.4, 0.5) is 0 Å². The summed E-state index contributed by atoms with van der Waals surface area (Å²) in [7, 11) is 0. The molecule has 0 unspecified atom stereocenters. The lowest BCUT2D eigenvalue weighted by Gasteiger charge is -2.06. The molecule has 0 amide bonds. The van der Waals surface area contributed by atoms with Gasteiger partial charge in [0.15, 0.2) is 0 Å². The van der Waals surface area contributed by atoms with Gasteiger partial charge in [-0.05, 0) is 25.7 Å². The summed E-state index contributed by atoms with van der Waals surface area (Å²) in [5, 5.41) is 0. The molecule has 0 atom stereocenters. The lowest BCUT2D eigenvalue weighted by atomic mass is 10.0. The van der Waals surface area contributed by atoms with Gasteiger partial charge in [-0.15, -0.1) is 0 Å². The quantitative estimate of drug-likeness (QED) is 0.0541. The number of carbonyl (C=O) groups is 2. The predicted octanol–water partition coefficient (Wildman–Crippen LogP) is 12.6. The van der Waals surface area contributed by atoms with Crippen molar-refractivity contribution in [3.8, 4) is 0 Å². The van der Waals surface area contributed by atoms with Crippen molar-refractivity contribution in [1.29, 1.82) is 0 Å². The third-order valence-corrected chi connectivity index (χ3v) is 8.53. The van der Waals surface area contributed by atoms with E-state index in [1.165, 1.54) is 154 Å². The van der Waals surface area contributed by atoms with Gasteiger partial charge < -0.3 is 9.47 Å². The predicted molar refractivity (Wildman–Crippen MR) is 181 cm³/mol. The van der Waals surface area contributed by atoms with Gasteiger partial charge in [0.05, 0.1) is 13.2 Å². The molecule has 0 aliphatic heterocycles. The molecule has 0 aliphatic carbocycles. The number of hydrogen-bond acceptors (Lipinski definition) is 4. The molecule has 0 heterocycles.